The van der Waals surface area contributed by atoms with E-state index in [1.807, 2.05) is 0 Å². The summed E-state index contributed by atoms with van der Waals surface area (Å²) in [5.74, 6) is 1.27. The third-order valence-electron chi connectivity index (χ3n) is 2.27. The first-order valence-electron chi connectivity index (χ1n) is 4.00. The number of thioether (sulfide) groups is 1. The molecule has 4 heteroatoms. The number of ether oxygens (including phenoxy) is 1. The number of fused-ring (bicyclic) bond motifs is 1. The van der Waals surface area contributed by atoms with E-state index in [2.05, 4.69) is 37.7 Å². The minimum absolute atomic E-state index is 0.745. The molecule has 0 radical (unpaired) electrons. The molecule has 2 saturated heterocycles. The lowest BCUT2D eigenvalue weighted by Crippen LogP contribution is -2.47. The second-order valence-electron chi connectivity index (χ2n) is 2.96. The minimum Gasteiger partial charge on any atom is -0.380 e. The smallest absolute Gasteiger partial charge is 0.0600 e. The Morgan fingerprint density at radius 3 is 3.27 bits per heavy atom. The second-order valence-corrected chi connectivity index (χ2v) is 5.55. The summed E-state index contributed by atoms with van der Waals surface area (Å²) < 4.78 is 7.90. The maximum Gasteiger partial charge on any atom is 0.0600 e. The standard InChI is InChI=1S/C7H12INOS/c8-9-2-4-11-7-5-10-3-1-6(7)9/h6-7H,1-5H2. The van der Waals surface area contributed by atoms with Crippen LogP contribution in [0.3, 0.4) is 0 Å². The number of nitrogens with zero attached hydrogens (tertiary/aromatic N) is 1. The van der Waals surface area contributed by atoms with Crippen LogP contribution in [0.2, 0.25) is 0 Å². The molecule has 0 N–H and O–H groups in total. The fraction of sp³-hybridized carbons (Fsp3) is 1.00. The molecule has 0 amide bonds. The fourth-order valence-corrected chi connectivity index (χ4v) is 4.39. The number of hydrogen-bond acceptors (Lipinski definition) is 3. The summed E-state index contributed by atoms with van der Waals surface area (Å²) in [6, 6.07) is 0.781. The third kappa shape index (κ3) is 1.84. The zero-order valence-electron chi connectivity index (χ0n) is 6.33. The van der Waals surface area contributed by atoms with Crippen molar-refractivity contribution in [1.82, 2.24) is 3.11 Å². The summed E-state index contributed by atoms with van der Waals surface area (Å²) in [4.78, 5) is 0. The summed E-state index contributed by atoms with van der Waals surface area (Å²) in [6.07, 6.45) is 1.22. The number of halogens is 1. The van der Waals surface area contributed by atoms with Crippen LogP contribution in [0.5, 0.6) is 0 Å². The van der Waals surface area contributed by atoms with Crippen molar-refractivity contribution in [3.05, 3.63) is 0 Å². The molecule has 0 bridgehead atoms. The lowest BCUT2D eigenvalue weighted by Gasteiger charge is -2.39. The summed E-state index contributed by atoms with van der Waals surface area (Å²) >= 11 is 4.54. The molecule has 0 saturated carbocycles. The van der Waals surface area contributed by atoms with Crippen molar-refractivity contribution in [3.63, 3.8) is 0 Å². The van der Waals surface area contributed by atoms with Gasteiger partial charge in [-0.3, -0.25) is 0 Å². The monoisotopic (exact) mass is 285 g/mol. The van der Waals surface area contributed by atoms with E-state index >= 15 is 0 Å². The number of hydrogen-bond donors (Lipinski definition) is 0. The van der Waals surface area contributed by atoms with Crippen LogP contribution in [-0.4, -0.2) is 39.9 Å². The Bertz CT molecular complexity index is 144. The minimum atomic E-state index is 0.745. The molecule has 0 aliphatic carbocycles. The Hall–Kier alpha value is 1.00. The Balaban J connectivity index is 1.99. The fourth-order valence-electron chi connectivity index (χ4n) is 1.64. The van der Waals surface area contributed by atoms with Crippen LogP contribution in [0.15, 0.2) is 0 Å². The van der Waals surface area contributed by atoms with Gasteiger partial charge in [0.25, 0.3) is 0 Å². The quantitative estimate of drug-likeness (QED) is 0.495. The van der Waals surface area contributed by atoms with Gasteiger partial charge in [-0.1, -0.05) is 0 Å². The highest BCUT2D eigenvalue weighted by atomic mass is 127. The second kappa shape index (κ2) is 3.81. The first kappa shape index (κ1) is 8.59. The van der Waals surface area contributed by atoms with E-state index in [1.165, 1.54) is 18.7 Å². The van der Waals surface area contributed by atoms with Gasteiger partial charge in [-0.15, -0.1) is 0 Å². The lowest BCUT2D eigenvalue weighted by molar-refractivity contribution is 0.0687. The molecule has 2 atom stereocenters. The van der Waals surface area contributed by atoms with Crippen LogP contribution in [-0.2, 0) is 4.74 Å². The van der Waals surface area contributed by atoms with E-state index in [-0.39, 0.29) is 0 Å². The molecular formula is C7H12INOS. The largest absolute Gasteiger partial charge is 0.380 e. The van der Waals surface area contributed by atoms with Gasteiger partial charge in [-0.25, -0.2) is 3.11 Å². The zero-order valence-corrected chi connectivity index (χ0v) is 9.31. The van der Waals surface area contributed by atoms with Crippen LogP contribution in [0, 0.1) is 0 Å². The van der Waals surface area contributed by atoms with Gasteiger partial charge >= 0.3 is 0 Å². The highest BCUT2D eigenvalue weighted by Crippen LogP contribution is 2.31. The lowest BCUT2D eigenvalue weighted by atomic mass is 10.1. The normalized spacial score (nSPS) is 40.1. The van der Waals surface area contributed by atoms with Crippen molar-refractivity contribution in [2.45, 2.75) is 17.7 Å². The Labute approximate surface area is 85.5 Å². The molecule has 0 aromatic heterocycles. The Morgan fingerprint density at radius 1 is 1.55 bits per heavy atom. The molecule has 11 heavy (non-hydrogen) atoms. The topological polar surface area (TPSA) is 12.5 Å². The molecule has 0 aromatic carbocycles. The molecule has 0 spiro atoms. The van der Waals surface area contributed by atoms with E-state index < -0.39 is 0 Å². The molecule has 2 nitrogen and oxygen atoms in total. The van der Waals surface area contributed by atoms with Gasteiger partial charge in [-0.2, -0.15) is 11.8 Å². The van der Waals surface area contributed by atoms with Gasteiger partial charge < -0.3 is 4.74 Å². The van der Waals surface area contributed by atoms with Gasteiger partial charge in [0.1, 0.15) is 0 Å². The molecule has 0 aromatic rings. The summed E-state index contributed by atoms with van der Waals surface area (Å²) in [6.45, 7) is 3.17. The zero-order chi connectivity index (χ0) is 7.68. The van der Waals surface area contributed by atoms with Gasteiger partial charge in [0.05, 0.1) is 6.61 Å². The van der Waals surface area contributed by atoms with E-state index in [4.69, 9.17) is 4.74 Å². The van der Waals surface area contributed by atoms with Crippen LogP contribution in [0.25, 0.3) is 0 Å². The highest BCUT2D eigenvalue weighted by molar-refractivity contribution is 14.1. The number of rotatable bonds is 0. The molecule has 2 heterocycles. The average molecular weight is 285 g/mol. The first-order chi connectivity index (χ1) is 5.38. The molecule has 64 valence electrons. The van der Waals surface area contributed by atoms with Crippen molar-refractivity contribution in [3.8, 4) is 0 Å². The molecule has 2 fully saturated rings. The average Bonchev–Trinajstić information content (AvgIpc) is 2.06. The van der Waals surface area contributed by atoms with Crippen molar-refractivity contribution in [1.29, 1.82) is 0 Å². The van der Waals surface area contributed by atoms with Crippen molar-refractivity contribution >= 4 is 34.6 Å². The van der Waals surface area contributed by atoms with Crippen LogP contribution in [0.4, 0.5) is 0 Å². The first-order valence-corrected chi connectivity index (χ1v) is 6.01. The Kier molecular flexibility index (Phi) is 2.97. The van der Waals surface area contributed by atoms with Gasteiger partial charge in [0.2, 0.25) is 0 Å². The van der Waals surface area contributed by atoms with Gasteiger partial charge in [-0.05, 0) is 6.42 Å². The Morgan fingerprint density at radius 2 is 2.45 bits per heavy atom. The van der Waals surface area contributed by atoms with E-state index in [0.29, 0.717) is 0 Å². The molecular weight excluding hydrogens is 273 g/mol. The summed E-state index contributed by atoms with van der Waals surface area (Å²) in [7, 11) is 0. The predicted molar refractivity (Wildman–Crippen MR) is 56.2 cm³/mol. The van der Waals surface area contributed by atoms with Crippen molar-refractivity contribution < 1.29 is 4.74 Å². The maximum absolute atomic E-state index is 5.44. The van der Waals surface area contributed by atoms with Crippen LogP contribution >= 0.6 is 34.6 Å². The van der Waals surface area contributed by atoms with Crippen LogP contribution in [0.1, 0.15) is 6.42 Å². The van der Waals surface area contributed by atoms with Crippen LogP contribution < -0.4 is 0 Å². The highest BCUT2D eigenvalue weighted by Gasteiger charge is 2.33. The summed E-state index contributed by atoms with van der Waals surface area (Å²) in [5.41, 5.74) is 0. The van der Waals surface area contributed by atoms with Crippen molar-refractivity contribution in [2.24, 2.45) is 0 Å². The predicted octanol–water partition coefficient (Wildman–Crippen LogP) is 1.54. The maximum atomic E-state index is 5.44. The molecule has 2 aliphatic heterocycles. The molecule has 2 unspecified atom stereocenters. The van der Waals surface area contributed by atoms with Crippen molar-refractivity contribution in [2.75, 3.05) is 25.5 Å². The van der Waals surface area contributed by atoms with E-state index in [9.17, 15) is 0 Å². The summed E-state index contributed by atoms with van der Waals surface area (Å²) in [5, 5.41) is 0.745. The van der Waals surface area contributed by atoms with Gasteiger partial charge in [0.15, 0.2) is 0 Å². The van der Waals surface area contributed by atoms with E-state index in [0.717, 1.165) is 24.5 Å². The molecule has 2 rings (SSSR count). The molecule has 2 aliphatic rings. The third-order valence-corrected chi connectivity index (χ3v) is 4.76. The SMILES string of the molecule is IN1CCSC2COCCC21. The van der Waals surface area contributed by atoms with Gasteiger partial charge in [0, 0.05) is 53.1 Å². The van der Waals surface area contributed by atoms with E-state index in [1.54, 1.807) is 0 Å².